The Morgan fingerprint density at radius 2 is 1.70 bits per heavy atom. The van der Waals surface area contributed by atoms with Gasteiger partial charge in [-0.05, 0) is 36.1 Å². The number of carbonyl (C=O) groups is 2. The average molecular weight is 488 g/mol. The average Bonchev–Trinajstić information content (AvgIpc) is 2.79. The first-order valence-electron chi connectivity index (χ1n) is 10.3. The van der Waals surface area contributed by atoms with Crippen LogP contribution in [0.2, 0.25) is 5.02 Å². The number of sulfonamides is 1. The molecule has 0 fully saturated rings. The van der Waals surface area contributed by atoms with Crippen molar-refractivity contribution in [1.29, 1.82) is 0 Å². The van der Waals surface area contributed by atoms with Gasteiger partial charge in [-0.2, -0.15) is 0 Å². The first-order valence-corrected chi connectivity index (χ1v) is 12.6. The van der Waals surface area contributed by atoms with Crippen molar-refractivity contribution in [2.75, 3.05) is 24.2 Å². The fourth-order valence-corrected chi connectivity index (χ4v) is 4.72. The number of rotatable bonds is 8. The summed E-state index contributed by atoms with van der Waals surface area (Å²) >= 11 is 6.09. The van der Waals surface area contributed by atoms with E-state index >= 15 is 0 Å². The van der Waals surface area contributed by atoms with Crippen molar-refractivity contribution in [2.45, 2.75) is 19.5 Å². The summed E-state index contributed by atoms with van der Waals surface area (Å²) in [5, 5.41) is 4.61. The van der Waals surface area contributed by atoms with E-state index in [0.717, 1.165) is 21.5 Å². The molecule has 0 saturated carbocycles. The summed E-state index contributed by atoms with van der Waals surface area (Å²) in [5.74, 6) is -0.870. The molecule has 0 aliphatic heterocycles. The maximum absolute atomic E-state index is 13.5. The summed E-state index contributed by atoms with van der Waals surface area (Å²) in [4.78, 5) is 27.2. The van der Waals surface area contributed by atoms with Crippen molar-refractivity contribution >= 4 is 49.9 Å². The number of likely N-dealkylation sites (N-methyl/N-ethyl adjacent to an activating group) is 1. The van der Waals surface area contributed by atoms with Gasteiger partial charge in [0.2, 0.25) is 21.8 Å². The highest BCUT2D eigenvalue weighted by atomic mass is 35.5. The molecule has 174 valence electrons. The molecule has 0 unspecified atom stereocenters. The Balaban J connectivity index is 2.00. The van der Waals surface area contributed by atoms with Crippen LogP contribution in [0, 0.1) is 0 Å². The van der Waals surface area contributed by atoms with Crippen molar-refractivity contribution in [3.8, 4) is 0 Å². The third-order valence-electron chi connectivity index (χ3n) is 5.37. The van der Waals surface area contributed by atoms with E-state index in [1.807, 2.05) is 30.3 Å². The fraction of sp³-hybridized carbons (Fsp3) is 0.250. The summed E-state index contributed by atoms with van der Waals surface area (Å²) < 4.78 is 26.6. The smallest absolute Gasteiger partial charge is 0.244 e. The van der Waals surface area contributed by atoms with Crippen LogP contribution in [0.4, 0.5) is 5.69 Å². The van der Waals surface area contributed by atoms with Gasteiger partial charge in [-0.25, -0.2) is 8.42 Å². The maximum Gasteiger partial charge on any atom is 0.244 e. The Labute approximate surface area is 199 Å². The number of carbonyl (C=O) groups excluding carboxylic acids is 2. The molecular formula is C24H26ClN3O4S. The van der Waals surface area contributed by atoms with E-state index in [4.69, 9.17) is 11.6 Å². The van der Waals surface area contributed by atoms with Crippen molar-refractivity contribution in [1.82, 2.24) is 10.2 Å². The standard InChI is InChI=1S/C24H26ClN3O4S/c1-17(24(30)26-2)27(15-18-8-6-11-20(25)14-18)23(29)16-28(33(3,31)32)22-13-7-10-19-9-4-5-12-21(19)22/h4-14,17H,15-16H2,1-3H3,(H,26,30)/t17-/m0/s1. The number of fused-ring (bicyclic) bond motifs is 1. The van der Waals surface area contributed by atoms with Crippen LogP contribution >= 0.6 is 11.6 Å². The van der Waals surface area contributed by atoms with Gasteiger partial charge in [0.1, 0.15) is 12.6 Å². The molecule has 3 aromatic rings. The Morgan fingerprint density at radius 3 is 2.36 bits per heavy atom. The molecule has 0 aliphatic rings. The Morgan fingerprint density at radius 1 is 1.03 bits per heavy atom. The van der Waals surface area contributed by atoms with Crippen LogP contribution in [0.3, 0.4) is 0 Å². The van der Waals surface area contributed by atoms with Gasteiger partial charge in [-0.3, -0.25) is 13.9 Å². The highest BCUT2D eigenvalue weighted by molar-refractivity contribution is 7.92. The van der Waals surface area contributed by atoms with E-state index in [1.165, 1.54) is 11.9 Å². The molecule has 0 heterocycles. The molecule has 0 spiro atoms. The number of amides is 2. The lowest BCUT2D eigenvalue weighted by molar-refractivity contribution is -0.139. The number of nitrogens with zero attached hydrogens (tertiary/aromatic N) is 2. The van der Waals surface area contributed by atoms with Crippen LogP contribution in [-0.2, 0) is 26.2 Å². The summed E-state index contributed by atoms with van der Waals surface area (Å²) in [6.07, 6.45) is 1.06. The molecule has 0 saturated heterocycles. The summed E-state index contributed by atoms with van der Waals surface area (Å²) in [6.45, 7) is 1.25. The third-order valence-corrected chi connectivity index (χ3v) is 6.73. The molecule has 1 N–H and O–H groups in total. The van der Waals surface area contributed by atoms with Gasteiger partial charge in [0.05, 0.1) is 11.9 Å². The molecule has 3 aromatic carbocycles. The highest BCUT2D eigenvalue weighted by Crippen LogP contribution is 2.28. The van der Waals surface area contributed by atoms with E-state index in [1.54, 1.807) is 43.3 Å². The number of hydrogen-bond donors (Lipinski definition) is 1. The van der Waals surface area contributed by atoms with Crippen LogP contribution in [0.5, 0.6) is 0 Å². The van der Waals surface area contributed by atoms with Gasteiger partial charge < -0.3 is 10.2 Å². The SMILES string of the molecule is CNC(=O)[C@H](C)N(Cc1cccc(Cl)c1)C(=O)CN(c1cccc2ccccc12)S(C)(=O)=O. The molecule has 9 heteroatoms. The van der Waals surface area contributed by atoms with Crippen LogP contribution in [0.15, 0.2) is 66.7 Å². The minimum absolute atomic E-state index is 0.0983. The Hall–Kier alpha value is -3.10. The summed E-state index contributed by atoms with van der Waals surface area (Å²) in [6, 6.07) is 18.8. The second-order valence-electron chi connectivity index (χ2n) is 7.71. The Bertz CT molecular complexity index is 1270. The van der Waals surface area contributed by atoms with Crippen LogP contribution in [-0.4, -0.2) is 51.0 Å². The fourth-order valence-electron chi connectivity index (χ4n) is 3.64. The van der Waals surface area contributed by atoms with E-state index in [9.17, 15) is 18.0 Å². The van der Waals surface area contributed by atoms with E-state index < -0.39 is 28.5 Å². The van der Waals surface area contributed by atoms with Gasteiger partial charge in [-0.1, -0.05) is 60.1 Å². The third kappa shape index (κ3) is 5.83. The van der Waals surface area contributed by atoms with E-state index in [2.05, 4.69) is 5.32 Å². The number of halogens is 1. The lowest BCUT2D eigenvalue weighted by Crippen LogP contribution is -2.50. The van der Waals surface area contributed by atoms with Crippen molar-refractivity contribution < 1.29 is 18.0 Å². The van der Waals surface area contributed by atoms with Crippen molar-refractivity contribution in [3.63, 3.8) is 0 Å². The first kappa shape index (κ1) is 24.5. The zero-order chi connectivity index (χ0) is 24.2. The summed E-state index contributed by atoms with van der Waals surface area (Å²) in [7, 11) is -2.32. The second kappa shape index (κ2) is 10.2. The largest absolute Gasteiger partial charge is 0.357 e. The minimum Gasteiger partial charge on any atom is -0.357 e. The van der Waals surface area contributed by atoms with Crippen LogP contribution in [0.1, 0.15) is 12.5 Å². The molecule has 33 heavy (non-hydrogen) atoms. The lowest BCUT2D eigenvalue weighted by Gasteiger charge is -2.31. The molecule has 0 bridgehead atoms. The predicted octanol–water partition coefficient (Wildman–Crippen LogP) is 3.42. The second-order valence-corrected chi connectivity index (χ2v) is 10.1. The number of benzene rings is 3. The van der Waals surface area contributed by atoms with Gasteiger partial charge in [-0.15, -0.1) is 0 Å². The van der Waals surface area contributed by atoms with Gasteiger partial charge in [0.25, 0.3) is 0 Å². The zero-order valence-electron chi connectivity index (χ0n) is 18.7. The monoisotopic (exact) mass is 487 g/mol. The quantitative estimate of drug-likeness (QED) is 0.527. The van der Waals surface area contributed by atoms with E-state index in [0.29, 0.717) is 16.1 Å². The molecule has 3 rings (SSSR count). The minimum atomic E-state index is -3.80. The highest BCUT2D eigenvalue weighted by Gasteiger charge is 2.30. The maximum atomic E-state index is 13.5. The van der Waals surface area contributed by atoms with Gasteiger partial charge in [0.15, 0.2) is 0 Å². The van der Waals surface area contributed by atoms with Gasteiger partial charge >= 0.3 is 0 Å². The predicted molar refractivity (Wildman–Crippen MR) is 132 cm³/mol. The molecule has 0 aromatic heterocycles. The molecule has 2 amide bonds. The molecule has 0 radical (unpaired) electrons. The van der Waals surface area contributed by atoms with Crippen LogP contribution < -0.4 is 9.62 Å². The molecule has 0 aliphatic carbocycles. The number of anilines is 1. The topological polar surface area (TPSA) is 86.8 Å². The molecular weight excluding hydrogens is 462 g/mol. The Kier molecular flexibility index (Phi) is 7.61. The van der Waals surface area contributed by atoms with E-state index in [-0.39, 0.29) is 12.5 Å². The number of nitrogens with one attached hydrogen (secondary N) is 1. The molecule has 7 nitrogen and oxygen atoms in total. The van der Waals surface area contributed by atoms with Crippen molar-refractivity contribution in [2.24, 2.45) is 0 Å². The summed E-state index contributed by atoms with van der Waals surface area (Å²) in [5.41, 5.74) is 1.13. The molecule has 1 atom stereocenters. The first-order chi connectivity index (χ1) is 15.6. The normalized spacial score (nSPS) is 12.2. The van der Waals surface area contributed by atoms with Gasteiger partial charge in [0, 0.05) is 24.0 Å². The van der Waals surface area contributed by atoms with Crippen molar-refractivity contribution in [3.05, 3.63) is 77.3 Å². The number of hydrogen-bond acceptors (Lipinski definition) is 4. The lowest BCUT2D eigenvalue weighted by atomic mass is 10.1. The van der Waals surface area contributed by atoms with Crippen LogP contribution in [0.25, 0.3) is 10.8 Å². The zero-order valence-corrected chi connectivity index (χ0v) is 20.2.